The summed E-state index contributed by atoms with van der Waals surface area (Å²) >= 11 is 0. The second kappa shape index (κ2) is 5.72. The lowest BCUT2D eigenvalue weighted by atomic mass is 9.91. The molecule has 1 unspecified atom stereocenters. The molecule has 1 saturated heterocycles. The van der Waals surface area contributed by atoms with Crippen molar-refractivity contribution in [2.45, 2.75) is 52.5 Å². The van der Waals surface area contributed by atoms with Gasteiger partial charge in [0.25, 0.3) is 0 Å². The van der Waals surface area contributed by atoms with E-state index in [9.17, 15) is 0 Å². The van der Waals surface area contributed by atoms with Crippen LogP contribution in [0, 0.1) is 5.41 Å². The predicted molar refractivity (Wildman–Crippen MR) is 62.6 cm³/mol. The lowest BCUT2D eigenvalue weighted by molar-refractivity contribution is 0.397. The van der Waals surface area contributed by atoms with Crippen LogP contribution in [0.2, 0.25) is 0 Å². The molecule has 1 aliphatic heterocycles. The van der Waals surface area contributed by atoms with Crippen LogP contribution in [0.4, 0.5) is 0 Å². The van der Waals surface area contributed by atoms with Gasteiger partial charge in [0.05, 0.1) is 0 Å². The summed E-state index contributed by atoms with van der Waals surface area (Å²) < 4.78 is 0. The summed E-state index contributed by atoms with van der Waals surface area (Å²) in [7, 11) is 0. The SMILES string of the molecule is CCCCCNCC1CC(C)(C)CN1. The monoisotopic (exact) mass is 198 g/mol. The van der Waals surface area contributed by atoms with Crippen LogP contribution in [-0.2, 0) is 0 Å². The maximum absolute atomic E-state index is 3.58. The average Bonchev–Trinajstić information content (AvgIpc) is 2.45. The molecule has 0 saturated carbocycles. The summed E-state index contributed by atoms with van der Waals surface area (Å²) in [6.07, 6.45) is 5.31. The van der Waals surface area contributed by atoms with E-state index in [-0.39, 0.29) is 0 Å². The lowest BCUT2D eigenvalue weighted by Gasteiger charge is -2.15. The molecule has 0 bridgehead atoms. The number of unbranched alkanes of at least 4 members (excludes halogenated alkanes) is 2. The zero-order valence-electron chi connectivity index (χ0n) is 10.0. The molecule has 2 nitrogen and oxygen atoms in total. The zero-order valence-corrected chi connectivity index (χ0v) is 10.0. The van der Waals surface area contributed by atoms with E-state index in [1.807, 2.05) is 0 Å². The summed E-state index contributed by atoms with van der Waals surface area (Å²) in [5.74, 6) is 0. The Balaban J connectivity index is 1.98. The van der Waals surface area contributed by atoms with Gasteiger partial charge < -0.3 is 10.6 Å². The third kappa shape index (κ3) is 4.43. The molecule has 1 aliphatic rings. The highest BCUT2D eigenvalue weighted by Gasteiger charge is 2.29. The molecule has 0 aromatic carbocycles. The molecule has 0 aromatic heterocycles. The van der Waals surface area contributed by atoms with Gasteiger partial charge in [0.1, 0.15) is 0 Å². The Hall–Kier alpha value is -0.0800. The van der Waals surface area contributed by atoms with Gasteiger partial charge in [-0.15, -0.1) is 0 Å². The molecule has 84 valence electrons. The van der Waals surface area contributed by atoms with Crippen LogP contribution < -0.4 is 10.6 Å². The Bertz CT molecular complexity index is 154. The van der Waals surface area contributed by atoms with Crippen molar-refractivity contribution in [2.24, 2.45) is 5.41 Å². The quantitative estimate of drug-likeness (QED) is 0.639. The third-order valence-electron chi connectivity index (χ3n) is 3.02. The molecule has 2 heteroatoms. The van der Waals surface area contributed by atoms with Gasteiger partial charge in [-0.3, -0.25) is 0 Å². The van der Waals surface area contributed by atoms with Gasteiger partial charge in [0, 0.05) is 19.1 Å². The smallest absolute Gasteiger partial charge is 0.0198 e. The normalized spacial score (nSPS) is 25.5. The van der Waals surface area contributed by atoms with Crippen molar-refractivity contribution in [1.29, 1.82) is 0 Å². The first kappa shape index (κ1) is 12.0. The Kier molecular flexibility index (Phi) is 4.90. The maximum atomic E-state index is 3.58. The fourth-order valence-electron chi connectivity index (χ4n) is 2.15. The first-order chi connectivity index (χ1) is 6.64. The van der Waals surface area contributed by atoms with Crippen molar-refractivity contribution < 1.29 is 0 Å². The number of hydrogen-bond donors (Lipinski definition) is 2. The van der Waals surface area contributed by atoms with E-state index in [2.05, 4.69) is 31.4 Å². The number of rotatable bonds is 6. The van der Waals surface area contributed by atoms with Crippen LogP contribution in [0.5, 0.6) is 0 Å². The van der Waals surface area contributed by atoms with Crippen molar-refractivity contribution in [3.8, 4) is 0 Å². The second-order valence-corrected chi connectivity index (χ2v) is 5.36. The molecule has 1 fully saturated rings. The largest absolute Gasteiger partial charge is 0.315 e. The highest BCUT2D eigenvalue weighted by Crippen LogP contribution is 2.26. The summed E-state index contributed by atoms with van der Waals surface area (Å²) in [5, 5.41) is 7.11. The fourth-order valence-corrected chi connectivity index (χ4v) is 2.15. The van der Waals surface area contributed by atoms with Gasteiger partial charge in [0.15, 0.2) is 0 Å². The summed E-state index contributed by atoms with van der Waals surface area (Å²) in [4.78, 5) is 0. The first-order valence-corrected chi connectivity index (χ1v) is 6.08. The second-order valence-electron chi connectivity index (χ2n) is 5.36. The van der Waals surface area contributed by atoms with Crippen LogP contribution in [0.25, 0.3) is 0 Å². The molecule has 1 heterocycles. The van der Waals surface area contributed by atoms with Crippen molar-refractivity contribution in [3.63, 3.8) is 0 Å². The summed E-state index contributed by atoms with van der Waals surface area (Å²) in [6.45, 7) is 10.4. The molecular formula is C12H26N2. The van der Waals surface area contributed by atoms with Crippen molar-refractivity contribution >= 4 is 0 Å². The Labute approximate surface area is 88.8 Å². The minimum atomic E-state index is 0.510. The summed E-state index contributed by atoms with van der Waals surface area (Å²) in [6, 6.07) is 0.701. The van der Waals surface area contributed by atoms with Crippen LogP contribution in [0.15, 0.2) is 0 Å². The van der Waals surface area contributed by atoms with Gasteiger partial charge in [-0.05, 0) is 24.8 Å². The standard InChI is InChI=1S/C12H26N2/c1-4-5-6-7-13-9-11-8-12(2,3)10-14-11/h11,13-14H,4-10H2,1-3H3. The molecule has 2 N–H and O–H groups in total. The van der Waals surface area contributed by atoms with Gasteiger partial charge in [-0.1, -0.05) is 33.6 Å². The number of hydrogen-bond acceptors (Lipinski definition) is 2. The van der Waals surface area contributed by atoms with Crippen molar-refractivity contribution in [2.75, 3.05) is 19.6 Å². The van der Waals surface area contributed by atoms with Crippen molar-refractivity contribution in [3.05, 3.63) is 0 Å². The Morgan fingerprint density at radius 3 is 2.71 bits per heavy atom. The van der Waals surface area contributed by atoms with Crippen molar-refractivity contribution in [1.82, 2.24) is 10.6 Å². The van der Waals surface area contributed by atoms with Crippen LogP contribution >= 0.6 is 0 Å². The van der Waals surface area contributed by atoms with E-state index in [1.54, 1.807) is 0 Å². The third-order valence-corrected chi connectivity index (χ3v) is 3.02. The van der Waals surface area contributed by atoms with E-state index in [4.69, 9.17) is 0 Å². The molecule has 0 aromatic rings. The Morgan fingerprint density at radius 2 is 2.14 bits per heavy atom. The predicted octanol–water partition coefficient (Wildman–Crippen LogP) is 2.15. The Morgan fingerprint density at radius 1 is 1.36 bits per heavy atom. The molecular weight excluding hydrogens is 172 g/mol. The van der Waals surface area contributed by atoms with E-state index in [1.165, 1.54) is 38.8 Å². The van der Waals surface area contributed by atoms with Gasteiger partial charge in [0.2, 0.25) is 0 Å². The average molecular weight is 198 g/mol. The van der Waals surface area contributed by atoms with Crippen LogP contribution in [0.3, 0.4) is 0 Å². The van der Waals surface area contributed by atoms with Gasteiger partial charge >= 0.3 is 0 Å². The number of nitrogens with one attached hydrogen (secondary N) is 2. The lowest BCUT2D eigenvalue weighted by Crippen LogP contribution is -2.34. The molecule has 0 amide bonds. The highest BCUT2D eigenvalue weighted by atomic mass is 15.0. The molecule has 0 radical (unpaired) electrons. The molecule has 0 aliphatic carbocycles. The molecule has 14 heavy (non-hydrogen) atoms. The topological polar surface area (TPSA) is 24.1 Å². The summed E-state index contributed by atoms with van der Waals surface area (Å²) in [5.41, 5.74) is 0.510. The van der Waals surface area contributed by atoms with E-state index < -0.39 is 0 Å². The van der Waals surface area contributed by atoms with E-state index in [0.717, 1.165) is 6.54 Å². The van der Waals surface area contributed by atoms with Gasteiger partial charge in [-0.25, -0.2) is 0 Å². The fraction of sp³-hybridized carbons (Fsp3) is 1.00. The molecule has 1 rings (SSSR count). The minimum absolute atomic E-state index is 0.510. The van der Waals surface area contributed by atoms with E-state index in [0.29, 0.717) is 11.5 Å². The molecule has 0 spiro atoms. The zero-order chi connectivity index (χ0) is 10.4. The highest BCUT2D eigenvalue weighted by molar-refractivity contribution is 4.88. The van der Waals surface area contributed by atoms with E-state index >= 15 is 0 Å². The minimum Gasteiger partial charge on any atom is -0.315 e. The van der Waals surface area contributed by atoms with Crippen LogP contribution in [0.1, 0.15) is 46.5 Å². The van der Waals surface area contributed by atoms with Crippen LogP contribution in [-0.4, -0.2) is 25.7 Å². The molecule has 1 atom stereocenters. The first-order valence-electron chi connectivity index (χ1n) is 6.08. The van der Waals surface area contributed by atoms with Gasteiger partial charge in [-0.2, -0.15) is 0 Å². The maximum Gasteiger partial charge on any atom is 0.0198 e.